The zero-order valence-corrected chi connectivity index (χ0v) is 11.3. The standard InChI is InChI=1S/C15H20N4/c1-2-9-16-14-11-15(19-12-18-14)17-10-8-13-6-4-3-5-7-13/h3-7,11-12H,2,8-10H2,1H3,(H2,16,17,18,19). The Hall–Kier alpha value is -2.10. The first kappa shape index (κ1) is 13.3. The van der Waals surface area contributed by atoms with Gasteiger partial charge in [-0.2, -0.15) is 0 Å². The summed E-state index contributed by atoms with van der Waals surface area (Å²) in [6.45, 7) is 3.93. The lowest BCUT2D eigenvalue weighted by Gasteiger charge is -2.08. The molecule has 0 spiro atoms. The number of hydrogen-bond acceptors (Lipinski definition) is 4. The monoisotopic (exact) mass is 256 g/mol. The molecule has 0 aliphatic rings. The quantitative estimate of drug-likeness (QED) is 0.799. The molecule has 2 N–H and O–H groups in total. The van der Waals surface area contributed by atoms with Gasteiger partial charge in [0.05, 0.1) is 0 Å². The third-order valence-corrected chi connectivity index (χ3v) is 2.79. The third-order valence-electron chi connectivity index (χ3n) is 2.79. The zero-order valence-electron chi connectivity index (χ0n) is 11.3. The van der Waals surface area contributed by atoms with Crippen molar-refractivity contribution < 1.29 is 0 Å². The van der Waals surface area contributed by atoms with Crippen LogP contribution in [0.4, 0.5) is 11.6 Å². The molecular formula is C15H20N4. The minimum absolute atomic E-state index is 0.865. The van der Waals surface area contributed by atoms with E-state index < -0.39 is 0 Å². The molecule has 0 unspecified atom stereocenters. The van der Waals surface area contributed by atoms with Crippen molar-refractivity contribution in [1.29, 1.82) is 0 Å². The largest absolute Gasteiger partial charge is 0.370 e. The summed E-state index contributed by atoms with van der Waals surface area (Å²) >= 11 is 0. The van der Waals surface area contributed by atoms with Gasteiger partial charge in [-0.3, -0.25) is 0 Å². The van der Waals surface area contributed by atoms with Gasteiger partial charge in [0.25, 0.3) is 0 Å². The summed E-state index contributed by atoms with van der Waals surface area (Å²) in [5.41, 5.74) is 1.33. The third kappa shape index (κ3) is 4.58. The molecule has 0 atom stereocenters. The van der Waals surface area contributed by atoms with Crippen molar-refractivity contribution in [2.75, 3.05) is 23.7 Å². The van der Waals surface area contributed by atoms with Crippen LogP contribution < -0.4 is 10.6 Å². The fraction of sp³-hybridized carbons (Fsp3) is 0.333. The Morgan fingerprint density at radius 2 is 1.63 bits per heavy atom. The number of nitrogens with one attached hydrogen (secondary N) is 2. The summed E-state index contributed by atoms with van der Waals surface area (Å²) in [5, 5.41) is 6.57. The van der Waals surface area contributed by atoms with E-state index in [0.29, 0.717) is 0 Å². The first-order valence-corrected chi connectivity index (χ1v) is 6.72. The van der Waals surface area contributed by atoms with Gasteiger partial charge in [0.1, 0.15) is 18.0 Å². The number of benzene rings is 1. The van der Waals surface area contributed by atoms with Crippen LogP contribution in [0.3, 0.4) is 0 Å². The minimum atomic E-state index is 0.865. The molecular weight excluding hydrogens is 236 g/mol. The Kier molecular flexibility index (Phi) is 5.17. The normalized spacial score (nSPS) is 10.2. The molecule has 0 amide bonds. The van der Waals surface area contributed by atoms with Crippen molar-refractivity contribution in [3.63, 3.8) is 0 Å². The number of aromatic nitrogens is 2. The second-order valence-electron chi connectivity index (χ2n) is 4.38. The van der Waals surface area contributed by atoms with Crippen LogP contribution in [-0.2, 0) is 6.42 Å². The van der Waals surface area contributed by atoms with Gasteiger partial charge in [-0.15, -0.1) is 0 Å². The maximum absolute atomic E-state index is 4.22. The summed E-state index contributed by atoms with van der Waals surface area (Å²) < 4.78 is 0. The van der Waals surface area contributed by atoms with E-state index in [1.54, 1.807) is 6.33 Å². The molecule has 0 fully saturated rings. The minimum Gasteiger partial charge on any atom is -0.370 e. The maximum atomic E-state index is 4.22. The zero-order chi connectivity index (χ0) is 13.3. The fourth-order valence-electron chi connectivity index (χ4n) is 1.78. The van der Waals surface area contributed by atoms with Gasteiger partial charge in [-0.1, -0.05) is 37.3 Å². The highest BCUT2D eigenvalue weighted by molar-refractivity contribution is 5.46. The van der Waals surface area contributed by atoms with Gasteiger partial charge in [-0.05, 0) is 18.4 Å². The smallest absolute Gasteiger partial charge is 0.131 e. The van der Waals surface area contributed by atoms with Crippen LogP contribution in [0.15, 0.2) is 42.7 Å². The highest BCUT2D eigenvalue weighted by Gasteiger charge is 1.98. The van der Waals surface area contributed by atoms with Gasteiger partial charge in [0.15, 0.2) is 0 Å². The Morgan fingerprint density at radius 1 is 0.947 bits per heavy atom. The first-order chi connectivity index (χ1) is 9.38. The van der Waals surface area contributed by atoms with Crippen molar-refractivity contribution in [3.05, 3.63) is 48.3 Å². The van der Waals surface area contributed by atoms with Crippen LogP contribution in [0.2, 0.25) is 0 Å². The molecule has 19 heavy (non-hydrogen) atoms. The van der Waals surface area contributed by atoms with E-state index in [-0.39, 0.29) is 0 Å². The van der Waals surface area contributed by atoms with E-state index in [9.17, 15) is 0 Å². The van der Waals surface area contributed by atoms with Crippen molar-refractivity contribution in [2.24, 2.45) is 0 Å². The van der Waals surface area contributed by atoms with E-state index >= 15 is 0 Å². The second-order valence-corrected chi connectivity index (χ2v) is 4.38. The summed E-state index contributed by atoms with van der Waals surface area (Å²) in [5.74, 6) is 1.74. The molecule has 0 radical (unpaired) electrons. The molecule has 100 valence electrons. The number of rotatable bonds is 7. The lowest BCUT2D eigenvalue weighted by molar-refractivity contribution is 0.960. The topological polar surface area (TPSA) is 49.8 Å². The molecule has 2 aromatic rings. The van der Waals surface area contributed by atoms with Crippen LogP contribution in [0, 0.1) is 0 Å². The van der Waals surface area contributed by atoms with Gasteiger partial charge >= 0.3 is 0 Å². The van der Waals surface area contributed by atoms with E-state index in [0.717, 1.165) is 37.6 Å². The van der Waals surface area contributed by atoms with Crippen LogP contribution in [0.1, 0.15) is 18.9 Å². The summed E-state index contributed by atoms with van der Waals surface area (Å²) in [6, 6.07) is 12.4. The predicted molar refractivity (Wildman–Crippen MR) is 79.4 cm³/mol. The average molecular weight is 256 g/mol. The lowest BCUT2D eigenvalue weighted by Crippen LogP contribution is -2.08. The number of hydrogen-bond donors (Lipinski definition) is 2. The van der Waals surface area contributed by atoms with E-state index in [1.165, 1.54) is 5.56 Å². The molecule has 0 aliphatic carbocycles. The van der Waals surface area contributed by atoms with Crippen molar-refractivity contribution in [3.8, 4) is 0 Å². The fourth-order valence-corrected chi connectivity index (χ4v) is 1.78. The van der Waals surface area contributed by atoms with Crippen molar-refractivity contribution >= 4 is 11.6 Å². The van der Waals surface area contributed by atoms with Crippen LogP contribution in [-0.4, -0.2) is 23.1 Å². The summed E-state index contributed by atoms with van der Waals surface area (Å²) in [4.78, 5) is 8.40. The molecule has 1 heterocycles. The van der Waals surface area contributed by atoms with E-state index in [2.05, 4.69) is 51.8 Å². The summed E-state index contributed by atoms with van der Waals surface area (Å²) in [7, 11) is 0. The first-order valence-electron chi connectivity index (χ1n) is 6.72. The molecule has 1 aromatic heterocycles. The molecule has 4 heteroatoms. The molecule has 0 bridgehead atoms. The Bertz CT molecular complexity index is 485. The van der Waals surface area contributed by atoms with E-state index in [4.69, 9.17) is 0 Å². The van der Waals surface area contributed by atoms with Crippen molar-refractivity contribution in [1.82, 2.24) is 9.97 Å². The van der Waals surface area contributed by atoms with Crippen LogP contribution in [0.25, 0.3) is 0 Å². The highest BCUT2D eigenvalue weighted by Crippen LogP contribution is 2.08. The molecule has 0 saturated carbocycles. The molecule has 1 aromatic carbocycles. The molecule has 4 nitrogen and oxygen atoms in total. The number of nitrogens with zero attached hydrogens (tertiary/aromatic N) is 2. The number of anilines is 2. The van der Waals surface area contributed by atoms with Crippen LogP contribution >= 0.6 is 0 Å². The molecule has 0 aliphatic heterocycles. The average Bonchev–Trinajstić information content (AvgIpc) is 2.47. The highest BCUT2D eigenvalue weighted by atomic mass is 15.1. The lowest BCUT2D eigenvalue weighted by atomic mass is 10.1. The van der Waals surface area contributed by atoms with E-state index in [1.807, 2.05) is 12.1 Å². The second kappa shape index (κ2) is 7.36. The Morgan fingerprint density at radius 3 is 2.32 bits per heavy atom. The van der Waals surface area contributed by atoms with Gasteiger partial charge in [0, 0.05) is 19.2 Å². The van der Waals surface area contributed by atoms with Crippen molar-refractivity contribution in [2.45, 2.75) is 19.8 Å². The Labute approximate surface area is 114 Å². The van der Waals surface area contributed by atoms with Gasteiger partial charge in [0.2, 0.25) is 0 Å². The predicted octanol–water partition coefficient (Wildman–Crippen LogP) is 2.95. The molecule has 2 rings (SSSR count). The summed E-state index contributed by atoms with van der Waals surface area (Å²) in [6.07, 6.45) is 3.66. The van der Waals surface area contributed by atoms with Gasteiger partial charge < -0.3 is 10.6 Å². The molecule has 0 saturated heterocycles. The SMILES string of the molecule is CCCNc1cc(NCCc2ccccc2)ncn1. The van der Waals surface area contributed by atoms with Crippen LogP contribution in [0.5, 0.6) is 0 Å². The Balaban J connectivity index is 1.82. The maximum Gasteiger partial charge on any atom is 0.131 e. The van der Waals surface area contributed by atoms with Gasteiger partial charge in [-0.25, -0.2) is 9.97 Å².